The summed E-state index contributed by atoms with van der Waals surface area (Å²) in [6.07, 6.45) is 0.989. The zero-order chi connectivity index (χ0) is 13.7. The van der Waals surface area contributed by atoms with Crippen LogP contribution in [-0.2, 0) is 11.2 Å². The summed E-state index contributed by atoms with van der Waals surface area (Å²) in [5, 5.41) is 15.9. The second-order valence-electron chi connectivity index (χ2n) is 4.95. The third-order valence-electron chi connectivity index (χ3n) is 3.36. The van der Waals surface area contributed by atoms with Crippen LogP contribution in [-0.4, -0.2) is 43.4 Å². The number of β-amino-alcohol motifs (C(OH)–C–C–N with tert-alkyl or cyclic N) is 1. The van der Waals surface area contributed by atoms with Crippen LogP contribution in [0.4, 0.5) is 0 Å². The van der Waals surface area contributed by atoms with Gasteiger partial charge in [0.25, 0.3) is 0 Å². The van der Waals surface area contributed by atoms with Gasteiger partial charge in [0.1, 0.15) is 5.75 Å². The number of methoxy groups -OCH3 is 1. The predicted molar refractivity (Wildman–Crippen MR) is 72.1 cm³/mol. The van der Waals surface area contributed by atoms with Crippen LogP contribution in [0.5, 0.6) is 5.75 Å². The third-order valence-corrected chi connectivity index (χ3v) is 3.36. The summed E-state index contributed by atoms with van der Waals surface area (Å²) in [7, 11) is 1.61. The summed E-state index contributed by atoms with van der Waals surface area (Å²) in [6, 6.07) is 7.39. The molecule has 1 aromatic carbocycles. The van der Waals surface area contributed by atoms with E-state index in [4.69, 9.17) is 4.74 Å². The van der Waals surface area contributed by atoms with E-state index in [9.17, 15) is 9.90 Å². The molecule has 5 heteroatoms. The van der Waals surface area contributed by atoms with Gasteiger partial charge in [0, 0.05) is 13.1 Å². The molecule has 0 saturated carbocycles. The van der Waals surface area contributed by atoms with Gasteiger partial charge in [-0.05, 0) is 30.7 Å². The quantitative estimate of drug-likeness (QED) is 0.704. The van der Waals surface area contributed by atoms with Crippen molar-refractivity contribution in [3.63, 3.8) is 0 Å². The Hall–Kier alpha value is -1.59. The molecule has 1 aliphatic heterocycles. The summed E-state index contributed by atoms with van der Waals surface area (Å²) in [5.41, 5.74) is 0.130. The minimum atomic E-state index is -0.796. The maximum atomic E-state index is 11.8. The SMILES string of the molecule is COc1ccc(CC(=O)NCC2(O)CCNC2)cc1. The lowest BCUT2D eigenvalue weighted by Crippen LogP contribution is -2.44. The van der Waals surface area contributed by atoms with Crippen molar-refractivity contribution in [3.8, 4) is 5.75 Å². The van der Waals surface area contributed by atoms with Gasteiger partial charge in [0.05, 0.1) is 19.1 Å². The molecule has 1 aromatic rings. The monoisotopic (exact) mass is 264 g/mol. The van der Waals surface area contributed by atoms with Gasteiger partial charge in [-0.2, -0.15) is 0 Å². The van der Waals surface area contributed by atoms with E-state index in [-0.39, 0.29) is 5.91 Å². The van der Waals surface area contributed by atoms with E-state index in [1.165, 1.54) is 0 Å². The molecule has 0 bridgehead atoms. The molecule has 104 valence electrons. The Balaban J connectivity index is 1.80. The lowest BCUT2D eigenvalue weighted by atomic mass is 10.0. The largest absolute Gasteiger partial charge is 0.497 e. The van der Waals surface area contributed by atoms with Crippen LogP contribution >= 0.6 is 0 Å². The van der Waals surface area contributed by atoms with Crippen molar-refractivity contribution in [1.29, 1.82) is 0 Å². The first kappa shape index (κ1) is 13.8. The molecule has 3 N–H and O–H groups in total. The van der Waals surface area contributed by atoms with Crippen LogP contribution in [0.2, 0.25) is 0 Å². The van der Waals surface area contributed by atoms with Crippen molar-refractivity contribution in [1.82, 2.24) is 10.6 Å². The zero-order valence-electron chi connectivity index (χ0n) is 11.1. The highest BCUT2D eigenvalue weighted by Crippen LogP contribution is 2.13. The lowest BCUT2D eigenvalue weighted by Gasteiger charge is -2.21. The topological polar surface area (TPSA) is 70.6 Å². The molecule has 1 unspecified atom stereocenters. The van der Waals surface area contributed by atoms with Gasteiger partial charge in [-0.3, -0.25) is 4.79 Å². The maximum absolute atomic E-state index is 11.8. The lowest BCUT2D eigenvalue weighted by molar-refractivity contribution is -0.121. The third kappa shape index (κ3) is 3.94. The summed E-state index contributed by atoms with van der Waals surface area (Å²) in [6.45, 7) is 1.63. The second kappa shape index (κ2) is 6.04. The summed E-state index contributed by atoms with van der Waals surface area (Å²) < 4.78 is 5.06. The highest BCUT2D eigenvalue weighted by Gasteiger charge is 2.31. The Morgan fingerprint density at radius 2 is 2.21 bits per heavy atom. The first-order valence-corrected chi connectivity index (χ1v) is 6.44. The molecule has 0 aliphatic carbocycles. The van der Waals surface area contributed by atoms with Gasteiger partial charge in [-0.1, -0.05) is 12.1 Å². The number of ether oxygens (including phenoxy) is 1. The smallest absolute Gasteiger partial charge is 0.224 e. The Kier molecular flexibility index (Phi) is 4.39. The molecule has 2 rings (SSSR count). The van der Waals surface area contributed by atoms with Crippen LogP contribution < -0.4 is 15.4 Å². The van der Waals surface area contributed by atoms with Gasteiger partial charge in [-0.25, -0.2) is 0 Å². The molecule has 0 spiro atoms. The molecule has 1 saturated heterocycles. The maximum Gasteiger partial charge on any atom is 0.224 e. The van der Waals surface area contributed by atoms with Crippen LogP contribution in [0.15, 0.2) is 24.3 Å². The minimum Gasteiger partial charge on any atom is -0.497 e. The molecule has 19 heavy (non-hydrogen) atoms. The fourth-order valence-electron chi connectivity index (χ4n) is 2.14. The van der Waals surface area contributed by atoms with E-state index < -0.39 is 5.60 Å². The molecule has 0 aromatic heterocycles. The van der Waals surface area contributed by atoms with Gasteiger partial charge in [0.2, 0.25) is 5.91 Å². The van der Waals surface area contributed by atoms with Crippen LogP contribution in [0, 0.1) is 0 Å². The number of hydrogen-bond donors (Lipinski definition) is 3. The molecule has 1 amide bonds. The van der Waals surface area contributed by atoms with Crippen molar-refractivity contribution in [3.05, 3.63) is 29.8 Å². The Morgan fingerprint density at radius 3 is 2.79 bits per heavy atom. The van der Waals surface area contributed by atoms with Crippen molar-refractivity contribution in [2.45, 2.75) is 18.4 Å². The van der Waals surface area contributed by atoms with E-state index in [2.05, 4.69) is 10.6 Å². The number of benzene rings is 1. The van der Waals surface area contributed by atoms with Crippen LogP contribution in [0.25, 0.3) is 0 Å². The highest BCUT2D eigenvalue weighted by molar-refractivity contribution is 5.78. The Morgan fingerprint density at radius 1 is 1.47 bits per heavy atom. The van der Waals surface area contributed by atoms with Crippen LogP contribution in [0.1, 0.15) is 12.0 Å². The standard InChI is InChI=1S/C14H20N2O3/c1-19-12-4-2-11(3-5-12)8-13(17)16-10-14(18)6-7-15-9-14/h2-5,15,18H,6-10H2,1H3,(H,16,17). The zero-order valence-corrected chi connectivity index (χ0v) is 11.1. The number of amides is 1. The van der Waals surface area contributed by atoms with Crippen molar-refractivity contribution < 1.29 is 14.6 Å². The molecule has 5 nitrogen and oxygen atoms in total. The van der Waals surface area contributed by atoms with Crippen molar-refractivity contribution >= 4 is 5.91 Å². The van der Waals surface area contributed by atoms with Gasteiger partial charge in [0.15, 0.2) is 0 Å². The minimum absolute atomic E-state index is 0.0782. The van der Waals surface area contributed by atoms with Gasteiger partial charge < -0.3 is 20.5 Å². The number of aliphatic hydroxyl groups is 1. The molecule has 1 atom stereocenters. The number of rotatable bonds is 5. The average Bonchev–Trinajstić information content (AvgIpc) is 2.85. The average molecular weight is 264 g/mol. The van der Waals surface area contributed by atoms with Crippen molar-refractivity contribution in [2.75, 3.05) is 26.7 Å². The number of carbonyl (C=O) groups excluding carboxylic acids is 1. The second-order valence-corrected chi connectivity index (χ2v) is 4.95. The number of hydrogen-bond acceptors (Lipinski definition) is 4. The summed E-state index contributed by atoms with van der Waals surface area (Å²) in [5.74, 6) is 0.695. The van der Waals surface area contributed by atoms with E-state index >= 15 is 0 Å². The van der Waals surface area contributed by atoms with Crippen molar-refractivity contribution in [2.24, 2.45) is 0 Å². The van der Waals surface area contributed by atoms with E-state index in [1.54, 1.807) is 7.11 Å². The summed E-state index contributed by atoms with van der Waals surface area (Å²) in [4.78, 5) is 11.8. The Labute approximate surface area is 113 Å². The molecule has 0 radical (unpaired) electrons. The number of carbonyl (C=O) groups is 1. The highest BCUT2D eigenvalue weighted by atomic mass is 16.5. The number of nitrogens with one attached hydrogen (secondary N) is 2. The Bertz CT molecular complexity index is 425. The fourth-order valence-corrected chi connectivity index (χ4v) is 2.14. The van der Waals surface area contributed by atoms with Crippen LogP contribution in [0.3, 0.4) is 0 Å². The molecule has 1 aliphatic rings. The van der Waals surface area contributed by atoms with Gasteiger partial charge in [-0.15, -0.1) is 0 Å². The molecule has 1 heterocycles. The molecule has 1 fully saturated rings. The fraction of sp³-hybridized carbons (Fsp3) is 0.500. The molecular weight excluding hydrogens is 244 g/mol. The normalized spacial score (nSPS) is 22.2. The van der Waals surface area contributed by atoms with Gasteiger partial charge >= 0.3 is 0 Å². The van der Waals surface area contributed by atoms with E-state index in [1.807, 2.05) is 24.3 Å². The summed E-state index contributed by atoms with van der Waals surface area (Å²) >= 11 is 0. The van der Waals surface area contributed by atoms with E-state index in [0.29, 0.717) is 25.9 Å². The molecular formula is C14H20N2O3. The first-order chi connectivity index (χ1) is 9.11. The van der Waals surface area contributed by atoms with E-state index in [0.717, 1.165) is 17.9 Å². The first-order valence-electron chi connectivity index (χ1n) is 6.44. The predicted octanol–water partition coefficient (Wildman–Crippen LogP) is 0.0783.